The smallest absolute Gasteiger partial charge is 0.254 e. The number of hydrogen-bond donors (Lipinski definition) is 4. The molecule has 27 nitrogen and oxygen atoms in total. The Morgan fingerprint density at radius 1 is 0.395 bits per heavy atom. The molecule has 0 aliphatic carbocycles. The standard InChI is InChI=1S/C24H25N5O.C22H21F2N5O2S.2C22H22FN5O2S/c1-16-3-5-19(6-4-16)24(30)28-14-18(9-17(28)2)15-29-23-8-7-20(10-21(23)13-27-29)22-11-25-26-12-22;1-14-7-15(13-29(14)32(30,31)21-4-2-3-19(23)22(21)24)12-28-20-6-5-16(8-17(20)11-27-28)18-9-25-26-10-18;1-15-8-16(14-28(15)31(29,30)21-5-3-20(23)4-6-21)13-27-22-7-2-17(9-18(22)12-26-27)19-10-24-25-11-19;23-20-3-1-2-4-22(20)31(29,30)27-9-7-16(8-10-27)15-28-21-6-5-17(11-18(21)14-26-28)19-12-24-25-13-19/h3-8,10-13,17-18H,9,14-15H2,1-2H3,(H,25,26);2-6,8-11,14-15H,7,12-13H2,1H3,(H,25,26);2-7,9-12,15-16H,8,13-14H2,1H3,(H,24,25);1-6,11-14,16H,7-10,15H2,(H,24,25)/t17-,18?;14-,15?;15-,16?;/m000./s1. The van der Waals surface area contributed by atoms with Crippen molar-refractivity contribution in [2.45, 2.75) is 119 Å². The van der Waals surface area contributed by atoms with Crippen LogP contribution in [0, 0.1) is 53.9 Å². The zero-order chi connectivity index (χ0) is 86.1. The van der Waals surface area contributed by atoms with Crippen molar-refractivity contribution in [1.29, 1.82) is 0 Å². The Bertz CT molecular complexity index is 6820. The van der Waals surface area contributed by atoms with Gasteiger partial charge in [-0.15, -0.1) is 0 Å². The van der Waals surface area contributed by atoms with E-state index in [2.05, 4.69) is 115 Å². The van der Waals surface area contributed by atoms with Crippen molar-refractivity contribution in [1.82, 2.24) is 97.7 Å². The van der Waals surface area contributed by atoms with Crippen molar-refractivity contribution in [3.63, 3.8) is 0 Å². The summed E-state index contributed by atoms with van der Waals surface area (Å²) in [6.07, 6.45) is 25.7. The molecule has 20 rings (SSSR count). The zero-order valence-electron chi connectivity index (χ0n) is 68.2. The van der Waals surface area contributed by atoms with Crippen molar-refractivity contribution in [2.24, 2.45) is 23.7 Å². The van der Waals surface area contributed by atoms with Crippen LogP contribution in [0.2, 0.25) is 0 Å². The fraction of sp³-hybridized carbons (Fsp3) is 0.278. The molecule has 4 aliphatic rings. The highest BCUT2D eigenvalue weighted by Gasteiger charge is 2.42. The number of aromatic nitrogens is 16. The first-order valence-electron chi connectivity index (χ1n) is 41.0. The molecular formula is C90H90F4N20O7S3. The van der Waals surface area contributed by atoms with Gasteiger partial charge in [0.1, 0.15) is 21.4 Å². The number of aromatic amines is 4. The molecule has 34 heteroatoms. The SMILES string of the molecule is C[C@H]1CC(Cn2ncc3cc(-c4cn[nH]c4)ccc32)CN1S(=O)(=O)c1ccc(F)cc1.C[C@H]1CC(Cn2ncc3cc(-c4cn[nH]c4)ccc32)CN1S(=O)(=O)c1cccc(F)c1F.Cc1ccc(C(=O)N2CC(Cn3ncc4cc(-c5cn[nH]c5)ccc43)C[C@@H]2C)cc1.O=S(=O)(c1ccccc1F)N1CCC(Cn2ncc3cc(-c4cn[nH]c4)ccc32)CC1. The van der Waals surface area contributed by atoms with Crippen molar-refractivity contribution in [2.75, 3.05) is 32.7 Å². The Kier molecular flexibility index (Phi) is 23.8. The second-order valence-corrected chi connectivity index (χ2v) is 38.1. The topological polar surface area (TPSA) is 318 Å². The van der Waals surface area contributed by atoms with Gasteiger partial charge < -0.3 is 4.90 Å². The van der Waals surface area contributed by atoms with E-state index in [0.29, 0.717) is 63.8 Å². The maximum Gasteiger partial charge on any atom is 0.254 e. The van der Waals surface area contributed by atoms with Crippen LogP contribution in [0.5, 0.6) is 0 Å². The fourth-order valence-electron chi connectivity index (χ4n) is 17.5. The summed E-state index contributed by atoms with van der Waals surface area (Å²) in [6.45, 7) is 12.7. The van der Waals surface area contributed by atoms with Gasteiger partial charge in [0, 0.05) is 151 Å². The van der Waals surface area contributed by atoms with Crippen LogP contribution < -0.4 is 0 Å². The number of piperidine rings is 1. The van der Waals surface area contributed by atoms with E-state index in [0.717, 1.165) is 138 Å². The van der Waals surface area contributed by atoms with E-state index >= 15 is 0 Å². The minimum Gasteiger partial charge on any atom is -0.336 e. The van der Waals surface area contributed by atoms with Gasteiger partial charge in [-0.2, -0.15) is 53.7 Å². The molecule has 0 radical (unpaired) electrons. The van der Waals surface area contributed by atoms with Crippen molar-refractivity contribution in [3.05, 3.63) is 273 Å². The minimum absolute atomic E-state index is 0.00644. The Labute approximate surface area is 712 Å². The first-order chi connectivity index (χ1) is 59.9. The number of fused-ring (bicyclic) bond motifs is 4. The molecule has 1 amide bonds. The van der Waals surface area contributed by atoms with Crippen molar-refractivity contribution in [3.8, 4) is 44.5 Å². The Balaban J connectivity index is 0.000000117. The summed E-state index contributed by atoms with van der Waals surface area (Å²) in [7, 11) is -11.6. The van der Waals surface area contributed by atoms with Crippen LogP contribution in [0.15, 0.2) is 253 Å². The summed E-state index contributed by atoms with van der Waals surface area (Å²) < 4.78 is 145. The van der Waals surface area contributed by atoms with Crippen LogP contribution in [0.3, 0.4) is 0 Å². The number of nitrogens with zero attached hydrogens (tertiary/aromatic N) is 16. The third-order valence-electron chi connectivity index (χ3n) is 24.0. The summed E-state index contributed by atoms with van der Waals surface area (Å²) in [5.41, 5.74) is 14.4. The van der Waals surface area contributed by atoms with Gasteiger partial charge in [0.2, 0.25) is 30.1 Å². The number of aryl methyl sites for hydroxylation is 1. The van der Waals surface area contributed by atoms with Crippen LogP contribution >= 0.6 is 0 Å². The number of carbonyl (C=O) groups excluding carboxylic acids is 1. The largest absolute Gasteiger partial charge is 0.336 e. The molecule has 3 unspecified atom stereocenters. The Hall–Kier alpha value is -12.6. The molecule has 0 saturated carbocycles. The van der Waals surface area contributed by atoms with Crippen LogP contribution in [0.25, 0.3) is 88.1 Å². The van der Waals surface area contributed by atoms with Gasteiger partial charge in [0.15, 0.2) is 11.6 Å². The number of sulfonamides is 3. The molecule has 638 valence electrons. The van der Waals surface area contributed by atoms with E-state index < -0.39 is 58.2 Å². The first-order valence-corrected chi connectivity index (χ1v) is 45.3. The van der Waals surface area contributed by atoms with Crippen LogP contribution in [0.1, 0.15) is 68.8 Å². The van der Waals surface area contributed by atoms with Crippen molar-refractivity contribution < 1.29 is 47.6 Å². The Morgan fingerprint density at radius 3 is 1.20 bits per heavy atom. The van der Waals surface area contributed by atoms with E-state index in [1.54, 1.807) is 37.8 Å². The third kappa shape index (κ3) is 17.6. The zero-order valence-corrected chi connectivity index (χ0v) is 70.7. The molecule has 12 heterocycles. The summed E-state index contributed by atoms with van der Waals surface area (Å²) in [4.78, 5) is 14.2. The van der Waals surface area contributed by atoms with Gasteiger partial charge in [-0.1, -0.05) is 60.2 Å². The van der Waals surface area contributed by atoms with Gasteiger partial charge in [-0.05, 0) is 215 Å². The second kappa shape index (κ2) is 35.3. The molecular weight excluding hydrogens is 1650 g/mol. The number of H-pyrrole nitrogens is 4. The average Bonchev–Trinajstić information content (AvgIpc) is 1.55. The number of halogens is 4. The highest BCUT2D eigenvalue weighted by atomic mass is 32.2. The normalized spacial score (nSPS) is 18.7. The molecule has 124 heavy (non-hydrogen) atoms. The van der Waals surface area contributed by atoms with E-state index in [1.165, 1.54) is 67.0 Å². The van der Waals surface area contributed by atoms with Crippen LogP contribution in [0.4, 0.5) is 17.6 Å². The van der Waals surface area contributed by atoms with E-state index in [1.807, 2.05) is 137 Å². The molecule has 0 spiro atoms. The highest BCUT2D eigenvalue weighted by Crippen LogP contribution is 2.38. The molecule has 8 aromatic heterocycles. The third-order valence-corrected chi connectivity index (χ3v) is 29.9. The quantitative estimate of drug-likeness (QED) is 0.0547. The van der Waals surface area contributed by atoms with E-state index in [9.17, 15) is 47.6 Å². The first kappa shape index (κ1) is 83.7. The summed E-state index contributed by atoms with van der Waals surface area (Å²) in [5, 5.41) is 49.7. The maximum absolute atomic E-state index is 14.2. The molecule has 4 aliphatic heterocycles. The number of benzene rings is 8. The molecule has 16 aromatic rings. The lowest BCUT2D eigenvalue weighted by atomic mass is 9.98. The minimum atomic E-state index is -4.15. The number of hydrogen-bond acceptors (Lipinski definition) is 15. The molecule has 4 fully saturated rings. The number of nitrogens with one attached hydrogen (secondary N) is 4. The van der Waals surface area contributed by atoms with Gasteiger partial charge in [0.05, 0.1) is 76.5 Å². The maximum atomic E-state index is 14.2. The van der Waals surface area contributed by atoms with Gasteiger partial charge in [-0.3, -0.25) is 43.9 Å². The lowest BCUT2D eigenvalue weighted by molar-refractivity contribution is 0.0741. The van der Waals surface area contributed by atoms with E-state index in [4.69, 9.17) is 0 Å². The lowest BCUT2D eigenvalue weighted by Crippen LogP contribution is -2.39. The summed E-state index contributed by atoms with van der Waals surface area (Å²) in [5.74, 6) is -2.71. The Morgan fingerprint density at radius 2 is 0.782 bits per heavy atom. The second-order valence-electron chi connectivity index (χ2n) is 32.5. The number of rotatable bonds is 19. The predicted molar refractivity (Wildman–Crippen MR) is 463 cm³/mol. The summed E-state index contributed by atoms with van der Waals surface area (Å²) in [6, 6.07) is 46.1. The molecule has 4 saturated heterocycles. The molecule has 4 N–H and O–H groups in total. The van der Waals surface area contributed by atoms with Gasteiger partial charge in [-0.25, -0.2) is 42.8 Å². The van der Waals surface area contributed by atoms with E-state index in [-0.39, 0.29) is 52.2 Å². The summed E-state index contributed by atoms with van der Waals surface area (Å²) >= 11 is 0. The van der Waals surface area contributed by atoms with Crippen LogP contribution in [-0.4, -0.2) is 180 Å². The van der Waals surface area contributed by atoms with Gasteiger partial charge in [0.25, 0.3) is 5.91 Å². The van der Waals surface area contributed by atoms with Crippen molar-refractivity contribution >= 4 is 79.6 Å². The number of likely N-dealkylation sites (tertiary alicyclic amines) is 1. The van der Waals surface area contributed by atoms with Gasteiger partial charge >= 0.3 is 0 Å². The molecule has 0 bridgehead atoms. The molecule has 6 atom stereocenters. The fourth-order valence-corrected chi connectivity index (χ4v) is 22.6. The number of amides is 1. The molecule has 8 aromatic carbocycles. The predicted octanol–water partition coefficient (Wildman–Crippen LogP) is 15.4. The lowest BCUT2D eigenvalue weighted by Gasteiger charge is -2.31. The van der Waals surface area contributed by atoms with Crippen LogP contribution in [-0.2, 0) is 56.2 Å². The average molecular weight is 1740 g/mol. The monoisotopic (exact) mass is 1730 g/mol. The highest BCUT2D eigenvalue weighted by molar-refractivity contribution is 7.89. The number of carbonyl (C=O) groups is 1.